The van der Waals surface area contributed by atoms with Crippen molar-refractivity contribution in [3.8, 4) is 11.3 Å². The minimum absolute atomic E-state index is 0.281. The minimum Gasteiger partial charge on any atom is -0.313 e. The molecule has 4 nitrogen and oxygen atoms in total. The highest BCUT2D eigenvalue weighted by Crippen LogP contribution is 2.36. The first-order chi connectivity index (χ1) is 15.2. The molecule has 0 amide bonds. The van der Waals surface area contributed by atoms with Gasteiger partial charge in [0.2, 0.25) is 0 Å². The molecule has 0 aliphatic heterocycles. The Morgan fingerprint density at radius 3 is 2.41 bits per heavy atom. The molecule has 0 saturated carbocycles. The van der Waals surface area contributed by atoms with E-state index >= 15 is 0 Å². The zero-order valence-corrected chi connectivity index (χ0v) is 21.5. The Morgan fingerprint density at radius 1 is 1.00 bits per heavy atom. The second kappa shape index (κ2) is 9.53. The number of thiazole rings is 1. The molecule has 32 heavy (non-hydrogen) atoms. The highest BCUT2D eigenvalue weighted by molar-refractivity contribution is 9.10. The van der Waals surface area contributed by atoms with Gasteiger partial charge in [0, 0.05) is 27.4 Å². The van der Waals surface area contributed by atoms with Gasteiger partial charge in [-0.3, -0.25) is 0 Å². The molecule has 0 N–H and O–H groups in total. The molecule has 4 rings (SSSR count). The van der Waals surface area contributed by atoms with Crippen molar-refractivity contribution in [3.63, 3.8) is 0 Å². The average molecular weight is 568 g/mol. The van der Waals surface area contributed by atoms with Crippen molar-refractivity contribution in [2.75, 3.05) is 11.2 Å². The average Bonchev–Trinajstić information content (AvgIpc) is 3.24. The van der Waals surface area contributed by atoms with Crippen LogP contribution >= 0.6 is 50.5 Å². The summed E-state index contributed by atoms with van der Waals surface area (Å²) in [4.78, 5) is 7.18. The molecule has 0 bridgehead atoms. The number of halogens is 3. The molecule has 3 aromatic carbocycles. The lowest BCUT2D eigenvalue weighted by Gasteiger charge is -2.23. The Balaban J connectivity index is 1.71. The quantitative estimate of drug-likeness (QED) is 0.240. The zero-order valence-electron chi connectivity index (χ0n) is 16.8. The second-order valence-electron chi connectivity index (χ2n) is 7.13. The van der Waals surface area contributed by atoms with Crippen molar-refractivity contribution in [2.24, 2.45) is 0 Å². The van der Waals surface area contributed by atoms with Gasteiger partial charge in [-0.2, -0.15) is 0 Å². The smallest absolute Gasteiger partial charge is 0.190 e. The third-order valence-electron chi connectivity index (χ3n) is 4.75. The van der Waals surface area contributed by atoms with Gasteiger partial charge in [0.15, 0.2) is 15.0 Å². The van der Waals surface area contributed by atoms with Crippen LogP contribution < -0.4 is 4.90 Å². The van der Waals surface area contributed by atoms with E-state index in [2.05, 4.69) is 26.9 Å². The molecule has 164 valence electrons. The summed E-state index contributed by atoms with van der Waals surface area (Å²) in [6.45, 7) is 0.581. The van der Waals surface area contributed by atoms with Crippen LogP contribution in [0.15, 0.2) is 81.5 Å². The summed E-state index contributed by atoms with van der Waals surface area (Å²) in [6, 6.07) is 20.3. The van der Waals surface area contributed by atoms with Crippen molar-refractivity contribution in [3.05, 3.63) is 92.2 Å². The van der Waals surface area contributed by atoms with Gasteiger partial charge in [-0.15, -0.1) is 11.3 Å². The Bertz CT molecular complexity index is 1370. The number of rotatable bonds is 6. The molecule has 4 aromatic rings. The van der Waals surface area contributed by atoms with Crippen LogP contribution in [0.1, 0.15) is 5.56 Å². The molecule has 0 spiro atoms. The van der Waals surface area contributed by atoms with Crippen LogP contribution in [0, 0.1) is 0 Å². The number of hydrogen-bond acceptors (Lipinski definition) is 5. The van der Waals surface area contributed by atoms with Gasteiger partial charge >= 0.3 is 0 Å². The molecule has 0 atom stereocenters. The molecule has 0 aliphatic rings. The molecule has 0 fully saturated rings. The van der Waals surface area contributed by atoms with Crippen molar-refractivity contribution in [1.29, 1.82) is 0 Å². The fourth-order valence-electron chi connectivity index (χ4n) is 3.13. The third kappa shape index (κ3) is 5.35. The molecule has 1 heterocycles. The number of hydrogen-bond donors (Lipinski definition) is 0. The molecular formula is C23H17BrCl2N2O2S2. The lowest BCUT2D eigenvalue weighted by atomic mass is 10.2. The van der Waals surface area contributed by atoms with Gasteiger partial charge in [-0.1, -0.05) is 63.4 Å². The van der Waals surface area contributed by atoms with Crippen molar-refractivity contribution in [1.82, 2.24) is 4.98 Å². The second-order valence-corrected chi connectivity index (χ2v) is 11.7. The number of nitrogens with zero attached hydrogens (tertiary/aromatic N) is 2. The summed E-state index contributed by atoms with van der Waals surface area (Å²) >= 11 is 17.4. The number of benzene rings is 3. The van der Waals surface area contributed by atoms with Gasteiger partial charge in [0.25, 0.3) is 0 Å². The molecular weight excluding hydrogens is 551 g/mol. The van der Waals surface area contributed by atoms with E-state index in [0.717, 1.165) is 32.1 Å². The van der Waals surface area contributed by atoms with E-state index < -0.39 is 9.84 Å². The number of anilines is 2. The van der Waals surface area contributed by atoms with Crippen LogP contribution in [0.3, 0.4) is 0 Å². The predicted molar refractivity (Wildman–Crippen MR) is 137 cm³/mol. The summed E-state index contributed by atoms with van der Waals surface area (Å²) < 4.78 is 24.5. The van der Waals surface area contributed by atoms with E-state index in [9.17, 15) is 8.42 Å². The van der Waals surface area contributed by atoms with Crippen molar-refractivity contribution < 1.29 is 8.42 Å². The monoisotopic (exact) mass is 566 g/mol. The standard InChI is InChI=1S/C23H17BrCl2N2O2S2/c1-32(29,30)19-8-5-16(6-9-19)22-14-31-23(27-22)28(13-15-3-2-4-17(24)11-15)18-7-10-20(25)21(26)12-18/h2-12,14H,13H2,1H3. The highest BCUT2D eigenvalue weighted by atomic mass is 79.9. The summed E-state index contributed by atoms with van der Waals surface area (Å²) in [7, 11) is -3.24. The Hall–Kier alpha value is -1.90. The van der Waals surface area contributed by atoms with Gasteiger partial charge in [-0.25, -0.2) is 13.4 Å². The van der Waals surface area contributed by atoms with E-state index in [0.29, 0.717) is 16.6 Å². The van der Waals surface area contributed by atoms with Crippen LogP contribution in [0.4, 0.5) is 10.8 Å². The molecule has 1 aromatic heterocycles. The lowest BCUT2D eigenvalue weighted by molar-refractivity contribution is 0.602. The van der Waals surface area contributed by atoms with E-state index in [4.69, 9.17) is 28.2 Å². The Labute approximate surface area is 209 Å². The fourth-order valence-corrected chi connectivity index (χ4v) is 5.36. The lowest BCUT2D eigenvalue weighted by Crippen LogP contribution is -2.16. The Kier molecular flexibility index (Phi) is 6.93. The first-order valence-corrected chi connectivity index (χ1v) is 13.8. The maximum absolute atomic E-state index is 11.7. The molecule has 0 radical (unpaired) electrons. The fraction of sp³-hybridized carbons (Fsp3) is 0.0870. The van der Waals surface area contributed by atoms with Crippen molar-refractivity contribution >= 4 is 71.1 Å². The normalized spacial score (nSPS) is 11.5. The summed E-state index contributed by atoms with van der Waals surface area (Å²) in [6.07, 6.45) is 1.19. The molecule has 0 saturated heterocycles. The van der Waals surface area contributed by atoms with Crippen molar-refractivity contribution in [2.45, 2.75) is 11.4 Å². The summed E-state index contributed by atoms with van der Waals surface area (Å²) in [5, 5.41) is 3.70. The number of sulfone groups is 1. The summed E-state index contributed by atoms with van der Waals surface area (Å²) in [5.74, 6) is 0. The van der Waals surface area contributed by atoms with Gasteiger partial charge < -0.3 is 4.90 Å². The van der Waals surface area contributed by atoms with Crippen LogP contribution in [-0.2, 0) is 16.4 Å². The predicted octanol–water partition coefficient (Wildman–Crippen LogP) is 7.62. The number of aromatic nitrogens is 1. The topological polar surface area (TPSA) is 50.3 Å². The highest BCUT2D eigenvalue weighted by Gasteiger charge is 2.17. The van der Waals surface area contributed by atoms with E-state index in [1.807, 2.05) is 35.7 Å². The Morgan fingerprint density at radius 2 is 1.75 bits per heavy atom. The van der Waals surface area contributed by atoms with Gasteiger partial charge in [-0.05, 0) is 48.0 Å². The minimum atomic E-state index is -3.24. The summed E-state index contributed by atoms with van der Waals surface area (Å²) in [5.41, 5.74) is 3.58. The molecule has 0 aliphatic carbocycles. The van der Waals surface area contributed by atoms with Crippen LogP contribution in [0.2, 0.25) is 10.0 Å². The largest absolute Gasteiger partial charge is 0.313 e. The third-order valence-corrected chi connectivity index (χ3v) is 7.97. The van der Waals surface area contributed by atoms with Crippen LogP contribution in [-0.4, -0.2) is 19.7 Å². The first-order valence-electron chi connectivity index (χ1n) is 9.44. The van der Waals surface area contributed by atoms with E-state index in [1.165, 1.54) is 17.6 Å². The SMILES string of the molecule is CS(=O)(=O)c1ccc(-c2csc(N(Cc3cccc(Br)c3)c3ccc(Cl)c(Cl)c3)n2)cc1. The van der Waals surface area contributed by atoms with E-state index in [1.54, 1.807) is 30.3 Å². The molecule has 9 heteroatoms. The van der Waals surface area contributed by atoms with E-state index in [-0.39, 0.29) is 4.90 Å². The molecule has 0 unspecified atom stereocenters. The zero-order chi connectivity index (χ0) is 22.9. The van der Waals surface area contributed by atoms with Crippen LogP contribution in [0.25, 0.3) is 11.3 Å². The van der Waals surface area contributed by atoms with Gasteiger partial charge in [0.05, 0.1) is 27.2 Å². The first kappa shape index (κ1) is 23.3. The maximum atomic E-state index is 11.7. The maximum Gasteiger partial charge on any atom is 0.190 e. The van der Waals surface area contributed by atoms with Gasteiger partial charge in [0.1, 0.15) is 0 Å². The van der Waals surface area contributed by atoms with Crippen LogP contribution in [0.5, 0.6) is 0 Å².